The second kappa shape index (κ2) is 6.58. The quantitative estimate of drug-likeness (QED) is 0.811. The molecule has 0 spiro atoms. The third-order valence-corrected chi connectivity index (χ3v) is 5.45. The van der Waals surface area contributed by atoms with Crippen LogP contribution in [-0.4, -0.2) is 19.8 Å². The molecule has 0 radical (unpaired) electrons. The molecule has 1 aromatic carbocycles. The fraction of sp³-hybridized carbons (Fsp3) is 0.600. The maximum Gasteiger partial charge on any atom is 0.241 e. The molecule has 20 heavy (non-hydrogen) atoms. The Morgan fingerprint density at radius 3 is 2.35 bits per heavy atom. The van der Waals surface area contributed by atoms with E-state index in [1.54, 1.807) is 6.07 Å². The van der Waals surface area contributed by atoms with Gasteiger partial charge in [0.15, 0.2) is 0 Å². The third-order valence-electron chi connectivity index (χ3n) is 3.37. The topological polar surface area (TPSA) is 46.2 Å². The zero-order valence-electron chi connectivity index (χ0n) is 12.8. The Morgan fingerprint density at radius 2 is 1.85 bits per heavy atom. The number of sulfonamides is 1. The van der Waals surface area contributed by atoms with Gasteiger partial charge < -0.3 is 0 Å². The summed E-state index contributed by atoms with van der Waals surface area (Å²) in [6.07, 6.45) is 0.758. The number of hydrogen-bond donors (Lipinski definition) is 1. The molecule has 0 aliphatic heterocycles. The van der Waals surface area contributed by atoms with E-state index in [2.05, 4.69) is 20.7 Å². The van der Waals surface area contributed by atoms with Gasteiger partial charge in [-0.25, -0.2) is 13.1 Å². The molecule has 0 saturated carbocycles. The van der Waals surface area contributed by atoms with E-state index in [4.69, 9.17) is 0 Å². The van der Waals surface area contributed by atoms with Gasteiger partial charge >= 0.3 is 0 Å². The van der Waals surface area contributed by atoms with Crippen LogP contribution in [0, 0.1) is 19.3 Å². The van der Waals surface area contributed by atoms with E-state index in [9.17, 15) is 8.42 Å². The number of halogens is 1. The summed E-state index contributed by atoms with van der Waals surface area (Å²) in [5, 5.41) is 0.768. The molecular formula is C15H24BrNO2S. The van der Waals surface area contributed by atoms with Crippen molar-refractivity contribution in [1.82, 2.24) is 4.72 Å². The first-order valence-corrected chi connectivity index (χ1v) is 9.34. The van der Waals surface area contributed by atoms with E-state index in [1.165, 1.54) is 0 Å². The second-order valence-corrected chi connectivity index (χ2v) is 8.76. The maximum atomic E-state index is 12.6. The predicted octanol–water partition coefficient (Wildman–Crippen LogP) is 3.78. The summed E-state index contributed by atoms with van der Waals surface area (Å²) in [6, 6.07) is 5.40. The maximum absolute atomic E-state index is 12.6. The van der Waals surface area contributed by atoms with E-state index in [0.717, 1.165) is 22.9 Å². The minimum Gasteiger partial charge on any atom is -0.208 e. The first kappa shape index (κ1) is 17.7. The molecule has 0 aliphatic carbocycles. The van der Waals surface area contributed by atoms with Crippen molar-refractivity contribution in [2.24, 2.45) is 5.41 Å². The largest absolute Gasteiger partial charge is 0.241 e. The van der Waals surface area contributed by atoms with Crippen molar-refractivity contribution in [2.75, 3.05) is 5.33 Å². The number of hydrogen-bond acceptors (Lipinski definition) is 2. The Morgan fingerprint density at radius 1 is 1.25 bits per heavy atom. The van der Waals surface area contributed by atoms with E-state index in [0.29, 0.717) is 4.90 Å². The second-order valence-electron chi connectivity index (χ2n) is 6.29. The summed E-state index contributed by atoms with van der Waals surface area (Å²) in [6.45, 7) is 9.87. The standard InChI is InChI=1S/C15H24BrNO2S/c1-11-6-7-12(2)13(10-11)20(18,19)17-14(8-9-16)15(3,4)5/h6-7,10,14,17H,8-9H2,1-5H3. The lowest BCUT2D eigenvalue weighted by Crippen LogP contribution is -2.44. The van der Waals surface area contributed by atoms with Crippen LogP contribution in [0.4, 0.5) is 0 Å². The Balaban J connectivity index is 3.13. The molecule has 3 nitrogen and oxygen atoms in total. The zero-order valence-corrected chi connectivity index (χ0v) is 15.2. The summed E-state index contributed by atoms with van der Waals surface area (Å²) in [7, 11) is -3.49. The minimum atomic E-state index is -3.49. The van der Waals surface area contributed by atoms with Gasteiger partial charge in [0.2, 0.25) is 10.0 Å². The van der Waals surface area contributed by atoms with Gasteiger partial charge in [-0.3, -0.25) is 0 Å². The molecule has 1 N–H and O–H groups in total. The lowest BCUT2D eigenvalue weighted by atomic mass is 9.86. The van der Waals surface area contributed by atoms with Crippen molar-refractivity contribution < 1.29 is 8.42 Å². The molecule has 114 valence electrons. The summed E-state index contributed by atoms with van der Waals surface area (Å²) in [5.41, 5.74) is 1.59. The van der Waals surface area contributed by atoms with Crippen LogP contribution in [0.5, 0.6) is 0 Å². The summed E-state index contributed by atoms with van der Waals surface area (Å²) >= 11 is 3.40. The van der Waals surface area contributed by atoms with Crippen LogP contribution in [0.15, 0.2) is 23.1 Å². The molecule has 1 atom stereocenters. The summed E-state index contributed by atoms with van der Waals surface area (Å²) in [5.74, 6) is 0. The fourth-order valence-electron chi connectivity index (χ4n) is 2.03. The van der Waals surface area contributed by atoms with Gasteiger partial charge in [-0.05, 0) is 42.9 Å². The predicted molar refractivity (Wildman–Crippen MR) is 87.9 cm³/mol. The summed E-state index contributed by atoms with van der Waals surface area (Å²) < 4.78 is 28.1. The van der Waals surface area contributed by atoms with Crippen molar-refractivity contribution in [3.8, 4) is 0 Å². The minimum absolute atomic E-state index is 0.105. The monoisotopic (exact) mass is 361 g/mol. The number of benzene rings is 1. The van der Waals surface area contributed by atoms with Crippen LogP contribution >= 0.6 is 15.9 Å². The number of rotatable bonds is 5. The molecule has 1 unspecified atom stereocenters. The highest BCUT2D eigenvalue weighted by Crippen LogP contribution is 2.25. The smallest absolute Gasteiger partial charge is 0.208 e. The van der Waals surface area contributed by atoms with Crippen molar-refractivity contribution >= 4 is 26.0 Å². The molecule has 0 aromatic heterocycles. The van der Waals surface area contributed by atoms with Crippen LogP contribution in [0.3, 0.4) is 0 Å². The first-order chi connectivity index (χ1) is 9.08. The average molecular weight is 362 g/mol. The van der Waals surface area contributed by atoms with Crippen LogP contribution < -0.4 is 4.72 Å². The highest BCUT2D eigenvalue weighted by Gasteiger charge is 2.29. The molecule has 0 aliphatic rings. The Labute approximate surface area is 131 Å². The van der Waals surface area contributed by atoms with Crippen LogP contribution in [0.25, 0.3) is 0 Å². The molecular weight excluding hydrogens is 338 g/mol. The highest BCUT2D eigenvalue weighted by atomic mass is 79.9. The molecule has 5 heteroatoms. The van der Waals surface area contributed by atoms with Gasteiger partial charge in [-0.2, -0.15) is 0 Å². The lowest BCUT2D eigenvalue weighted by molar-refractivity contribution is 0.293. The van der Waals surface area contributed by atoms with Crippen molar-refractivity contribution in [3.05, 3.63) is 29.3 Å². The van der Waals surface area contributed by atoms with Gasteiger partial charge in [0, 0.05) is 11.4 Å². The average Bonchev–Trinajstić information content (AvgIpc) is 2.30. The lowest BCUT2D eigenvalue weighted by Gasteiger charge is -2.31. The van der Waals surface area contributed by atoms with Crippen molar-refractivity contribution in [1.29, 1.82) is 0 Å². The third kappa shape index (κ3) is 4.57. The van der Waals surface area contributed by atoms with Crippen LogP contribution in [0.2, 0.25) is 0 Å². The SMILES string of the molecule is Cc1ccc(C)c(S(=O)(=O)NC(CCBr)C(C)(C)C)c1. The highest BCUT2D eigenvalue weighted by molar-refractivity contribution is 9.09. The number of nitrogens with one attached hydrogen (secondary N) is 1. The van der Waals surface area contributed by atoms with Crippen molar-refractivity contribution in [2.45, 2.75) is 52.0 Å². The molecule has 0 amide bonds. The first-order valence-electron chi connectivity index (χ1n) is 6.73. The normalized spacial score (nSPS) is 14.3. The van der Waals surface area contributed by atoms with Crippen molar-refractivity contribution in [3.63, 3.8) is 0 Å². The van der Waals surface area contributed by atoms with E-state index < -0.39 is 10.0 Å². The fourth-order valence-corrected chi connectivity index (χ4v) is 4.29. The number of alkyl halides is 1. The zero-order chi connectivity index (χ0) is 15.6. The molecule has 0 bridgehead atoms. The van der Waals surface area contributed by atoms with Gasteiger partial charge in [-0.15, -0.1) is 0 Å². The Bertz CT molecular complexity index is 562. The Hall–Kier alpha value is -0.390. The van der Waals surface area contributed by atoms with E-state index in [1.807, 2.05) is 46.8 Å². The van der Waals surface area contributed by atoms with E-state index >= 15 is 0 Å². The van der Waals surface area contributed by atoms with Gasteiger partial charge in [-0.1, -0.05) is 48.8 Å². The molecule has 1 rings (SSSR count). The Kier molecular flexibility index (Phi) is 5.81. The molecule has 0 saturated heterocycles. The van der Waals surface area contributed by atoms with Crippen LogP contribution in [-0.2, 0) is 10.0 Å². The van der Waals surface area contributed by atoms with Gasteiger partial charge in [0.05, 0.1) is 4.90 Å². The molecule has 0 heterocycles. The van der Waals surface area contributed by atoms with Crippen LogP contribution in [0.1, 0.15) is 38.3 Å². The summed E-state index contributed by atoms with van der Waals surface area (Å²) in [4.78, 5) is 0.376. The number of aryl methyl sites for hydroxylation is 2. The molecule has 1 aromatic rings. The van der Waals surface area contributed by atoms with Gasteiger partial charge in [0.1, 0.15) is 0 Å². The van der Waals surface area contributed by atoms with E-state index in [-0.39, 0.29) is 11.5 Å². The van der Waals surface area contributed by atoms with Gasteiger partial charge in [0.25, 0.3) is 0 Å². The molecule has 0 fully saturated rings.